The van der Waals surface area contributed by atoms with E-state index in [-0.39, 0.29) is 17.0 Å². The Bertz CT molecular complexity index is 895. The van der Waals surface area contributed by atoms with Gasteiger partial charge in [-0.3, -0.25) is 9.78 Å². The SMILES string of the molecule is CCCNC(=O)N1CCCC2(CCc3c2nc(-c2cccnc2)[nH]c3=O)C1. The van der Waals surface area contributed by atoms with Crippen LogP contribution in [0.5, 0.6) is 0 Å². The smallest absolute Gasteiger partial charge is 0.317 e. The van der Waals surface area contributed by atoms with Crippen LogP contribution in [0.15, 0.2) is 29.3 Å². The molecule has 7 heteroatoms. The summed E-state index contributed by atoms with van der Waals surface area (Å²) in [6.45, 7) is 4.10. The van der Waals surface area contributed by atoms with Crippen molar-refractivity contribution in [3.63, 3.8) is 0 Å². The number of piperidine rings is 1. The van der Waals surface area contributed by atoms with Crippen molar-refractivity contribution in [1.29, 1.82) is 0 Å². The maximum absolute atomic E-state index is 12.7. The number of hydrogen-bond acceptors (Lipinski definition) is 4. The van der Waals surface area contributed by atoms with Crippen molar-refractivity contribution in [1.82, 2.24) is 25.2 Å². The van der Waals surface area contributed by atoms with Crippen molar-refractivity contribution < 1.29 is 4.79 Å². The van der Waals surface area contributed by atoms with Crippen LogP contribution in [0, 0.1) is 0 Å². The van der Waals surface area contributed by atoms with Gasteiger partial charge in [0.15, 0.2) is 0 Å². The molecule has 1 aliphatic carbocycles. The van der Waals surface area contributed by atoms with Crippen LogP contribution >= 0.6 is 0 Å². The fourth-order valence-corrected chi connectivity index (χ4v) is 4.34. The third-order valence-corrected chi connectivity index (χ3v) is 5.70. The van der Waals surface area contributed by atoms with Crippen LogP contribution in [0.1, 0.15) is 43.9 Å². The molecule has 4 rings (SSSR count). The van der Waals surface area contributed by atoms with Gasteiger partial charge in [0.05, 0.1) is 5.69 Å². The predicted octanol–water partition coefficient (Wildman–Crippen LogP) is 2.23. The van der Waals surface area contributed by atoms with Gasteiger partial charge < -0.3 is 15.2 Å². The standard InChI is InChI=1S/C20H25N5O2/c1-2-9-22-19(27)25-11-4-7-20(13-25)8-6-15-16(20)23-17(24-18(15)26)14-5-3-10-21-12-14/h3,5,10,12H,2,4,6-9,11,13H2,1H3,(H,22,27)(H,23,24,26). The first kappa shape index (κ1) is 17.7. The summed E-state index contributed by atoms with van der Waals surface area (Å²) in [5, 5.41) is 2.97. The number of nitrogens with zero attached hydrogens (tertiary/aromatic N) is 3. The molecule has 0 bridgehead atoms. The molecule has 2 aromatic heterocycles. The van der Waals surface area contributed by atoms with Crippen LogP contribution in [0.25, 0.3) is 11.4 Å². The van der Waals surface area contributed by atoms with Crippen molar-refractivity contribution >= 4 is 6.03 Å². The number of likely N-dealkylation sites (tertiary alicyclic amines) is 1. The molecule has 0 saturated carbocycles. The molecule has 2 N–H and O–H groups in total. The number of aromatic nitrogens is 3. The van der Waals surface area contributed by atoms with Gasteiger partial charge in [-0.05, 0) is 44.2 Å². The van der Waals surface area contributed by atoms with Gasteiger partial charge in [-0.25, -0.2) is 9.78 Å². The Morgan fingerprint density at radius 1 is 1.41 bits per heavy atom. The minimum Gasteiger partial charge on any atom is -0.338 e. The van der Waals surface area contributed by atoms with Crippen LogP contribution in [0.4, 0.5) is 4.79 Å². The third-order valence-electron chi connectivity index (χ3n) is 5.70. The van der Waals surface area contributed by atoms with E-state index in [0.717, 1.165) is 55.5 Å². The molecule has 1 saturated heterocycles. The van der Waals surface area contributed by atoms with Crippen molar-refractivity contribution in [2.24, 2.45) is 0 Å². The topological polar surface area (TPSA) is 91.0 Å². The van der Waals surface area contributed by atoms with Gasteiger partial charge in [0.25, 0.3) is 5.56 Å². The molecule has 1 fully saturated rings. The first-order valence-electron chi connectivity index (χ1n) is 9.70. The molecule has 3 heterocycles. The van der Waals surface area contributed by atoms with Crippen LogP contribution in [0.3, 0.4) is 0 Å². The number of H-pyrrole nitrogens is 1. The first-order chi connectivity index (χ1) is 13.1. The van der Waals surface area contributed by atoms with Gasteiger partial charge in [0.2, 0.25) is 0 Å². The molecule has 1 atom stereocenters. The lowest BCUT2D eigenvalue weighted by Crippen LogP contribution is -2.51. The van der Waals surface area contributed by atoms with E-state index in [1.165, 1.54) is 0 Å². The summed E-state index contributed by atoms with van der Waals surface area (Å²) in [5.41, 5.74) is 2.16. The number of amides is 2. The highest BCUT2D eigenvalue weighted by Crippen LogP contribution is 2.43. The lowest BCUT2D eigenvalue weighted by atomic mass is 9.77. The van der Waals surface area contributed by atoms with Crippen LogP contribution in [-0.4, -0.2) is 45.5 Å². The maximum Gasteiger partial charge on any atom is 0.317 e. The maximum atomic E-state index is 12.7. The first-order valence-corrected chi connectivity index (χ1v) is 9.70. The number of pyridine rings is 1. The Kier molecular flexibility index (Phi) is 4.68. The molecule has 0 aromatic carbocycles. The summed E-state index contributed by atoms with van der Waals surface area (Å²) in [7, 11) is 0. The zero-order valence-corrected chi connectivity index (χ0v) is 15.6. The Hall–Kier alpha value is -2.70. The number of carbonyl (C=O) groups excluding carboxylic acids is 1. The van der Waals surface area contributed by atoms with E-state index in [2.05, 4.69) is 15.3 Å². The molecule has 27 heavy (non-hydrogen) atoms. The predicted molar refractivity (Wildman–Crippen MR) is 103 cm³/mol. The van der Waals surface area contributed by atoms with Crippen molar-refractivity contribution in [3.05, 3.63) is 46.1 Å². The number of nitrogens with one attached hydrogen (secondary N) is 2. The quantitative estimate of drug-likeness (QED) is 0.870. The largest absolute Gasteiger partial charge is 0.338 e. The lowest BCUT2D eigenvalue weighted by molar-refractivity contribution is 0.147. The minimum atomic E-state index is -0.220. The van der Waals surface area contributed by atoms with Crippen LogP contribution in [0.2, 0.25) is 0 Å². The summed E-state index contributed by atoms with van der Waals surface area (Å²) in [6, 6.07) is 3.71. The molecule has 1 unspecified atom stereocenters. The zero-order chi connectivity index (χ0) is 18.9. The summed E-state index contributed by atoms with van der Waals surface area (Å²) < 4.78 is 0. The molecule has 1 aliphatic heterocycles. The highest BCUT2D eigenvalue weighted by Gasteiger charge is 2.45. The fraction of sp³-hybridized carbons (Fsp3) is 0.500. The second-order valence-corrected chi connectivity index (χ2v) is 7.52. The Morgan fingerprint density at radius 3 is 3.07 bits per heavy atom. The minimum absolute atomic E-state index is 0.0123. The highest BCUT2D eigenvalue weighted by atomic mass is 16.2. The molecular formula is C20H25N5O2. The van der Waals surface area contributed by atoms with E-state index in [9.17, 15) is 9.59 Å². The molecule has 2 amide bonds. The van der Waals surface area contributed by atoms with E-state index in [1.807, 2.05) is 24.0 Å². The van der Waals surface area contributed by atoms with E-state index in [0.29, 0.717) is 18.9 Å². The van der Waals surface area contributed by atoms with E-state index < -0.39 is 0 Å². The zero-order valence-electron chi connectivity index (χ0n) is 15.6. The average molecular weight is 367 g/mol. The van der Waals surface area contributed by atoms with Gasteiger partial charge in [0.1, 0.15) is 5.82 Å². The third kappa shape index (κ3) is 3.22. The molecule has 2 aromatic rings. The average Bonchev–Trinajstić information content (AvgIpc) is 3.05. The molecule has 7 nitrogen and oxygen atoms in total. The van der Waals surface area contributed by atoms with E-state index >= 15 is 0 Å². The fourth-order valence-electron chi connectivity index (χ4n) is 4.34. The number of urea groups is 1. The second kappa shape index (κ2) is 7.13. The van der Waals surface area contributed by atoms with E-state index in [4.69, 9.17) is 4.98 Å². The monoisotopic (exact) mass is 367 g/mol. The summed E-state index contributed by atoms with van der Waals surface area (Å²) in [5.74, 6) is 0.556. The summed E-state index contributed by atoms with van der Waals surface area (Å²) >= 11 is 0. The summed E-state index contributed by atoms with van der Waals surface area (Å²) in [6.07, 6.45) is 7.79. The Morgan fingerprint density at radius 2 is 2.30 bits per heavy atom. The summed E-state index contributed by atoms with van der Waals surface area (Å²) in [4.78, 5) is 39.0. The van der Waals surface area contributed by atoms with Crippen molar-refractivity contribution in [2.75, 3.05) is 19.6 Å². The molecule has 142 valence electrons. The van der Waals surface area contributed by atoms with Gasteiger partial charge in [-0.15, -0.1) is 0 Å². The van der Waals surface area contributed by atoms with Gasteiger partial charge in [0, 0.05) is 48.6 Å². The van der Waals surface area contributed by atoms with Crippen molar-refractivity contribution in [2.45, 2.75) is 44.4 Å². The van der Waals surface area contributed by atoms with Gasteiger partial charge in [-0.2, -0.15) is 0 Å². The lowest BCUT2D eigenvalue weighted by Gasteiger charge is -2.40. The molecule has 2 aliphatic rings. The number of rotatable bonds is 3. The normalized spacial score (nSPS) is 21.3. The number of carbonyl (C=O) groups is 1. The molecule has 1 spiro atoms. The molecule has 0 radical (unpaired) electrons. The second-order valence-electron chi connectivity index (χ2n) is 7.52. The van der Waals surface area contributed by atoms with Crippen LogP contribution < -0.4 is 10.9 Å². The molecular weight excluding hydrogens is 342 g/mol. The van der Waals surface area contributed by atoms with Crippen molar-refractivity contribution in [3.8, 4) is 11.4 Å². The number of aromatic amines is 1. The van der Waals surface area contributed by atoms with Gasteiger partial charge >= 0.3 is 6.03 Å². The Labute approximate surface area is 158 Å². The van der Waals surface area contributed by atoms with Crippen LogP contribution in [-0.2, 0) is 11.8 Å². The Balaban J connectivity index is 1.68. The highest BCUT2D eigenvalue weighted by molar-refractivity contribution is 5.74. The number of hydrogen-bond donors (Lipinski definition) is 2. The number of fused-ring (bicyclic) bond motifs is 2. The van der Waals surface area contributed by atoms with Gasteiger partial charge in [-0.1, -0.05) is 6.92 Å². The van der Waals surface area contributed by atoms with E-state index in [1.54, 1.807) is 12.4 Å².